The minimum Gasteiger partial charge on any atom is -0.481 e. The molecule has 88 valence electrons. The number of halogens is 2. The molecule has 0 aliphatic carbocycles. The topological polar surface area (TPSA) is 37.3 Å². The Balaban J connectivity index is 2.65. The van der Waals surface area contributed by atoms with Gasteiger partial charge in [-0.3, -0.25) is 4.79 Å². The predicted octanol–water partition coefficient (Wildman–Crippen LogP) is 3.27. The third-order valence-electron chi connectivity index (χ3n) is 2.68. The molecular weight excluding hydrogens is 226 g/mol. The fraction of sp³-hybridized carbons (Fsp3) is 0.154. The number of fused-ring (bicyclic) bond motifs is 1. The minimum atomic E-state index is -2.92. The Morgan fingerprint density at radius 2 is 1.71 bits per heavy atom. The first kappa shape index (κ1) is 11.5. The van der Waals surface area contributed by atoms with Crippen molar-refractivity contribution in [2.75, 3.05) is 0 Å². The largest absolute Gasteiger partial charge is 0.481 e. The number of carboxylic acids is 1. The maximum atomic E-state index is 12.8. The first-order chi connectivity index (χ1) is 8.11. The smallest absolute Gasteiger partial charge is 0.316 e. The summed E-state index contributed by atoms with van der Waals surface area (Å²) in [5, 5.41) is 10.2. The van der Waals surface area contributed by atoms with Gasteiger partial charge in [0.15, 0.2) is 0 Å². The van der Waals surface area contributed by atoms with Gasteiger partial charge in [0.05, 0.1) is 0 Å². The van der Waals surface area contributed by atoms with E-state index in [4.69, 9.17) is 5.11 Å². The van der Waals surface area contributed by atoms with E-state index in [1.54, 1.807) is 36.4 Å². The van der Waals surface area contributed by atoms with Crippen molar-refractivity contribution in [1.29, 1.82) is 0 Å². The first-order valence-corrected chi connectivity index (χ1v) is 5.10. The zero-order valence-electron chi connectivity index (χ0n) is 8.81. The second-order valence-electron chi connectivity index (χ2n) is 3.72. The number of rotatable bonds is 3. The number of hydrogen-bond acceptors (Lipinski definition) is 1. The highest BCUT2D eigenvalue weighted by Gasteiger charge is 2.30. The number of benzene rings is 2. The molecule has 0 saturated carbocycles. The molecule has 1 unspecified atom stereocenters. The monoisotopic (exact) mass is 236 g/mol. The summed E-state index contributed by atoms with van der Waals surface area (Å²) in [5.74, 6) is -3.28. The number of aliphatic carboxylic acids is 1. The van der Waals surface area contributed by atoms with Gasteiger partial charge >= 0.3 is 5.97 Å². The number of carbonyl (C=O) groups is 1. The molecule has 0 radical (unpaired) electrons. The van der Waals surface area contributed by atoms with Crippen molar-refractivity contribution >= 4 is 16.7 Å². The van der Waals surface area contributed by atoms with E-state index in [0.717, 1.165) is 5.39 Å². The quantitative estimate of drug-likeness (QED) is 0.887. The Morgan fingerprint density at radius 3 is 2.35 bits per heavy atom. The molecule has 1 N–H and O–H groups in total. The molecule has 0 aliphatic heterocycles. The lowest BCUT2D eigenvalue weighted by Crippen LogP contribution is -2.19. The highest BCUT2D eigenvalue weighted by Crippen LogP contribution is 2.30. The van der Waals surface area contributed by atoms with Crippen molar-refractivity contribution < 1.29 is 18.7 Å². The molecule has 2 aromatic rings. The van der Waals surface area contributed by atoms with Crippen molar-refractivity contribution in [3.05, 3.63) is 48.0 Å². The van der Waals surface area contributed by atoms with Crippen LogP contribution in [0.25, 0.3) is 10.8 Å². The van der Waals surface area contributed by atoms with E-state index < -0.39 is 18.3 Å². The van der Waals surface area contributed by atoms with Gasteiger partial charge in [-0.2, -0.15) is 0 Å². The third kappa shape index (κ3) is 2.11. The second kappa shape index (κ2) is 4.49. The highest BCUT2D eigenvalue weighted by molar-refractivity contribution is 5.90. The van der Waals surface area contributed by atoms with Crippen molar-refractivity contribution in [2.24, 2.45) is 0 Å². The summed E-state index contributed by atoms with van der Waals surface area (Å²) < 4.78 is 25.6. The standard InChI is InChI=1S/C13H10F2O2/c14-12(15)11(13(16)17)10-7-3-5-8-4-1-2-6-9(8)10/h1-7,11-12H,(H,16,17). The zero-order valence-corrected chi connectivity index (χ0v) is 8.81. The number of hydrogen-bond donors (Lipinski definition) is 1. The molecule has 2 nitrogen and oxygen atoms in total. The number of carboxylic acid groups (broad SMARTS) is 1. The van der Waals surface area contributed by atoms with Gasteiger partial charge < -0.3 is 5.11 Å². The van der Waals surface area contributed by atoms with Crippen LogP contribution in [0.1, 0.15) is 11.5 Å². The van der Waals surface area contributed by atoms with E-state index in [1.165, 1.54) is 6.07 Å². The lowest BCUT2D eigenvalue weighted by molar-refractivity contribution is -0.142. The summed E-state index contributed by atoms with van der Waals surface area (Å²) in [7, 11) is 0. The highest BCUT2D eigenvalue weighted by atomic mass is 19.3. The van der Waals surface area contributed by atoms with Crippen molar-refractivity contribution in [1.82, 2.24) is 0 Å². The molecule has 0 aliphatic rings. The summed E-state index contributed by atoms with van der Waals surface area (Å²) in [6.07, 6.45) is -2.92. The Hall–Kier alpha value is -1.97. The molecule has 4 heteroatoms. The molecule has 17 heavy (non-hydrogen) atoms. The first-order valence-electron chi connectivity index (χ1n) is 5.10. The van der Waals surface area contributed by atoms with Gasteiger partial charge in [0.2, 0.25) is 0 Å². The zero-order chi connectivity index (χ0) is 12.4. The SMILES string of the molecule is O=C(O)C(c1cccc2ccccc12)C(F)F. The van der Waals surface area contributed by atoms with Crippen LogP contribution in [0.4, 0.5) is 8.78 Å². The van der Waals surface area contributed by atoms with E-state index in [1.807, 2.05) is 0 Å². The molecule has 1 atom stereocenters. The molecule has 0 bridgehead atoms. The van der Waals surface area contributed by atoms with Crippen LogP contribution in [0.5, 0.6) is 0 Å². The molecule has 0 aromatic heterocycles. The van der Waals surface area contributed by atoms with Gasteiger partial charge in [0.1, 0.15) is 5.92 Å². The van der Waals surface area contributed by atoms with E-state index in [9.17, 15) is 13.6 Å². The lowest BCUT2D eigenvalue weighted by Gasteiger charge is -2.14. The number of alkyl halides is 2. The van der Waals surface area contributed by atoms with Gasteiger partial charge in [-0.05, 0) is 16.3 Å². The Labute approximate surface area is 96.5 Å². The van der Waals surface area contributed by atoms with Crippen LogP contribution in [-0.2, 0) is 4.79 Å². The van der Waals surface area contributed by atoms with Crippen LogP contribution in [0.15, 0.2) is 42.5 Å². The molecule has 0 fully saturated rings. The van der Waals surface area contributed by atoms with Gasteiger partial charge in [-0.1, -0.05) is 42.5 Å². The average molecular weight is 236 g/mol. The van der Waals surface area contributed by atoms with Crippen LogP contribution in [0.2, 0.25) is 0 Å². The normalized spacial score (nSPS) is 12.9. The Kier molecular flexibility index (Phi) is 3.04. The van der Waals surface area contributed by atoms with Crippen LogP contribution >= 0.6 is 0 Å². The van der Waals surface area contributed by atoms with Crippen molar-refractivity contribution in [3.8, 4) is 0 Å². The van der Waals surface area contributed by atoms with Gasteiger partial charge in [-0.25, -0.2) is 8.78 Å². The average Bonchev–Trinajstić information content (AvgIpc) is 2.28. The van der Waals surface area contributed by atoms with Gasteiger partial charge in [0.25, 0.3) is 6.43 Å². The fourth-order valence-electron chi connectivity index (χ4n) is 1.90. The maximum absolute atomic E-state index is 12.8. The summed E-state index contributed by atoms with van der Waals surface area (Å²) in [5.41, 5.74) is 0.158. The molecular formula is C13H10F2O2. The van der Waals surface area contributed by atoms with Crippen molar-refractivity contribution in [3.63, 3.8) is 0 Å². The summed E-state index contributed by atoms with van der Waals surface area (Å²) >= 11 is 0. The van der Waals surface area contributed by atoms with E-state index in [2.05, 4.69) is 0 Å². The van der Waals surface area contributed by atoms with Crippen molar-refractivity contribution in [2.45, 2.75) is 12.3 Å². The molecule has 0 amide bonds. The lowest BCUT2D eigenvalue weighted by atomic mass is 9.94. The van der Waals surface area contributed by atoms with E-state index >= 15 is 0 Å². The Morgan fingerprint density at radius 1 is 1.06 bits per heavy atom. The van der Waals surface area contributed by atoms with Crippen LogP contribution in [0.3, 0.4) is 0 Å². The maximum Gasteiger partial charge on any atom is 0.316 e. The molecule has 0 spiro atoms. The molecule has 2 rings (SSSR count). The molecule has 0 saturated heterocycles. The summed E-state index contributed by atoms with van der Waals surface area (Å²) in [6.45, 7) is 0. The summed E-state index contributed by atoms with van der Waals surface area (Å²) in [6, 6.07) is 11.7. The van der Waals surface area contributed by atoms with Gasteiger partial charge in [-0.15, -0.1) is 0 Å². The predicted molar refractivity (Wildman–Crippen MR) is 60.3 cm³/mol. The van der Waals surface area contributed by atoms with Gasteiger partial charge in [0, 0.05) is 0 Å². The van der Waals surface area contributed by atoms with Crippen LogP contribution in [0, 0.1) is 0 Å². The molecule has 0 heterocycles. The van der Waals surface area contributed by atoms with E-state index in [-0.39, 0.29) is 5.56 Å². The second-order valence-corrected chi connectivity index (χ2v) is 3.72. The fourth-order valence-corrected chi connectivity index (χ4v) is 1.90. The minimum absolute atomic E-state index is 0.158. The van der Waals surface area contributed by atoms with Crippen LogP contribution in [-0.4, -0.2) is 17.5 Å². The third-order valence-corrected chi connectivity index (χ3v) is 2.68. The summed E-state index contributed by atoms with van der Waals surface area (Å²) in [4.78, 5) is 10.9. The molecule has 2 aromatic carbocycles. The van der Waals surface area contributed by atoms with E-state index in [0.29, 0.717) is 5.39 Å². The Bertz CT molecular complexity index is 547. The van der Waals surface area contributed by atoms with Crippen LogP contribution < -0.4 is 0 Å².